The molecule has 0 radical (unpaired) electrons. The maximum atomic E-state index is 11.6. The molecule has 20 heavy (non-hydrogen) atoms. The molecule has 5 heteroatoms. The molecule has 2 atom stereocenters. The van der Waals surface area contributed by atoms with Crippen molar-refractivity contribution in [2.75, 3.05) is 13.1 Å². The average Bonchev–Trinajstić information content (AvgIpc) is 2.66. The van der Waals surface area contributed by atoms with E-state index in [1.807, 2.05) is 20.8 Å². The number of ketones is 3. The highest BCUT2D eigenvalue weighted by molar-refractivity contribution is 6.43. The number of Topliss-reactive ketones (excluding diaryl/α,β-unsaturated/α-hetero) is 3. The first-order valence-electron chi connectivity index (χ1n) is 7.12. The van der Waals surface area contributed by atoms with E-state index in [0.29, 0.717) is 12.3 Å². The fourth-order valence-electron chi connectivity index (χ4n) is 3.52. The van der Waals surface area contributed by atoms with Crippen molar-refractivity contribution in [1.82, 2.24) is 5.32 Å². The average molecular weight is 302 g/mol. The minimum Gasteiger partial charge on any atom is -0.310 e. The summed E-state index contributed by atoms with van der Waals surface area (Å²) >= 11 is 0. The van der Waals surface area contributed by atoms with Crippen LogP contribution in [0.2, 0.25) is 0 Å². The number of hydrogen-bond acceptors (Lipinski definition) is 4. The lowest BCUT2D eigenvalue weighted by Gasteiger charge is -2.31. The van der Waals surface area contributed by atoms with Gasteiger partial charge in [-0.15, -0.1) is 12.4 Å². The summed E-state index contributed by atoms with van der Waals surface area (Å²) in [5, 5.41) is 2.98. The molecule has 1 saturated heterocycles. The highest BCUT2D eigenvalue weighted by atomic mass is 35.5. The van der Waals surface area contributed by atoms with Crippen LogP contribution in [0, 0.1) is 16.7 Å². The number of nitrogens with one attached hydrogen (secondary N) is 1. The summed E-state index contributed by atoms with van der Waals surface area (Å²) in [6, 6.07) is 0. The van der Waals surface area contributed by atoms with Crippen molar-refractivity contribution in [3.63, 3.8) is 0 Å². The first-order chi connectivity index (χ1) is 8.80. The summed E-state index contributed by atoms with van der Waals surface area (Å²) in [6.07, 6.45) is 3.62. The number of rotatable bonds is 0. The number of carbonyl (C=O) groups is 3. The number of carbonyl (C=O) groups excluding carboxylic acids is 3. The zero-order chi connectivity index (χ0) is 14.3. The monoisotopic (exact) mass is 301 g/mol. The lowest BCUT2D eigenvalue weighted by atomic mass is 9.70. The van der Waals surface area contributed by atoms with Crippen molar-refractivity contribution in [3.8, 4) is 0 Å². The molecule has 114 valence electrons. The third-order valence-electron chi connectivity index (χ3n) is 5.40. The molecule has 2 saturated carbocycles. The molecule has 3 fully saturated rings. The van der Waals surface area contributed by atoms with Gasteiger partial charge in [-0.25, -0.2) is 0 Å². The maximum absolute atomic E-state index is 11.6. The lowest BCUT2D eigenvalue weighted by molar-refractivity contribution is -0.141. The van der Waals surface area contributed by atoms with E-state index in [2.05, 4.69) is 5.32 Å². The van der Waals surface area contributed by atoms with Gasteiger partial charge < -0.3 is 5.32 Å². The molecule has 0 aromatic rings. The van der Waals surface area contributed by atoms with Gasteiger partial charge in [-0.1, -0.05) is 20.8 Å². The van der Waals surface area contributed by atoms with Crippen LogP contribution in [0.1, 0.15) is 46.5 Å². The van der Waals surface area contributed by atoms with Gasteiger partial charge in [0, 0.05) is 17.8 Å². The summed E-state index contributed by atoms with van der Waals surface area (Å²) in [6.45, 7) is 7.66. The van der Waals surface area contributed by atoms with Gasteiger partial charge in [-0.2, -0.15) is 0 Å². The molecule has 2 bridgehead atoms. The molecule has 3 aliphatic rings. The Bertz CT molecular complexity index is 425. The van der Waals surface area contributed by atoms with E-state index in [1.54, 1.807) is 0 Å². The van der Waals surface area contributed by atoms with E-state index in [4.69, 9.17) is 0 Å². The zero-order valence-corrected chi connectivity index (χ0v) is 13.3. The highest BCUT2D eigenvalue weighted by Crippen LogP contribution is 2.61. The first-order valence-corrected chi connectivity index (χ1v) is 7.12. The van der Waals surface area contributed by atoms with Crippen molar-refractivity contribution < 1.29 is 14.4 Å². The van der Waals surface area contributed by atoms with Gasteiger partial charge in [0.2, 0.25) is 11.6 Å². The molecule has 0 amide bonds. The summed E-state index contributed by atoms with van der Waals surface area (Å²) in [5.41, 5.74) is -0.448. The number of piperidine rings is 1. The topological polar surface area (TPSA) is 63.2 Å². The minimum atomic E-state index is -0.352. The summed E-state index contributed by atoms with van der Waals surface area (Å²) < 4.78 is 0. The molecule has 0 spiro atoms. The molecule has 1 N–H and O–H groups in total. The van der Waals surface area contributed by atoms with Gasteiger partial charge in [-0.05, 0) is 31.2 Å². The van der Waals surface area contributed by atoms with Gasteiger partial charge >= 0.3 is 0 Å². The van der Waals surface area contributed by atoms with E-state index in [0.717, 1.165) is 32.2 Å². The third-order valence-corrected chi connectivity index (χ3v) is 5.40. The third kappa shape index (κ3) is 2.56. The molecule has 4 nitrogen and oxygen atoms in total. The van der Waals surface area contributed by atoms with Crippen LogP contribution >= 0.6 is 12.4 Å². The van der Waals surface area contributed by atoms with Crippen LogP contribution in [0.25, 0.3) is 0 Å². The van der Waals surface area contributed by atoms with E-state index < -0.39 is 0 Å². The molecular formula is C15H24ClNO3. The van der Waals surface area contributed by atoms with Crippen molar-refractivity contribution in [2.45, 2.75) is 46.5 Å². The van der Waals surface area contributed by atoms with Crippen molar-refractivity contribution in [1.29, 1.82) is 0 Å². The minimum absolute atomic E-state index is 0. The Labute approximate surface area is 126 Å². The fraction of sp³-hybridized carbons (Fsp3) is 0.800. The standard InChI is InChI=1S/C10H14O2.C5H9NO.ClH/c1-9(2)6-4-5-10(9,3)8(12)7(6)11;7-5-2-1-3-6-4-5;/h6H,4-5H2,1-3H3;6H,1-4H2;1H. The van der Waals surface area contributed by atoms with E-state index in [-0.39, 0.29) is 40.7 Å². The Hall–Kier alpha value is -0.740. The Balaban J connectivity index is 0.000000216. The van der Waals surface area contributed by atoms with Crippen LogP contribution in [0.5, 0.6) is 0 Å². The van der Waals surface area contributed by atoms with Crippen LogP contribution < -0.4 is 5.32 Å². The Kier molecular flexibility index (Phi) is 5.14. The largest absolute Gasteiger partial charge is 0.310 e. The molecule has 3 rings (SSSR count). The zero-order valence-electron chi connectivity index (χ0n) is 12.5. The van der Waals surface area contributed by atoms with Gasteiger partial charge in [0.15, 0.2) is 0 Å². The Morgan fingerprint density at radius 1 is 1.15 bits per heavy atom. The normalized spacial score (nSPS) is 34.4. The van der Waals surface area contributed by atoms with Gasteiger partial charge in [0.05, 0.1) is 6.54 Å². The second kappa shape index (κ2) is 5.94. The van der Waals surface area contributed by atoms with Crippen molar-refractivity contribution in [2.24, 2.45) is 16.7 Å². The predicted octanol–water partition coefficient (Wildman–Crippen LogP) is 1.94. The van der Waals surface area contributed by atoms with E-state index in [9.17, 15) is 14.4 Å². The van der Waals surface area contributed by atoms with Gasteiger partial charge in [0.1, 0.15) is 5.78 Å². The smallest absolute Gasteiger partial charge is 0.205 e. The van der Waals surface area contributed by atoms with Crippen LogP contribution in [-0.4, -0.2) is 30.4 Å². The van der Waals surface area contributed by atoms with Crippen molar-refractivity contribution >= 4 is 29.8 Å². The van der Waals surface area contributed by atoms with Crippen LogP contribution in [0.4, 0.5) is 0 Å². The van der Waals surface area contributed by atoms with E-state index >= 15 is 0 Å². The van der Waals surface area contributed by atoms with Crippen LogP contribution in [0.15, 0.2) is 0 Å². The molecule has 1 heterocycles. The molecule has 2 unspecified atom stereocenters. The second-order valence-electron chi connectivity index (χ2n) is 6.66. The van der Waals surface area contributed by atoms with Crippen LogP contribution in [0.3, 0.4) is 0 Å². The number of fused-ring (bicyclic) bond motifs is 2. The maximum Gasteiger partial charge on any atom is 0.205 e. The fourth-order valence-corrected chi connectivity index (χ4v) is 3.52. The lowest BCUT2D eigenvalue weighted by Crippen LogP contribution is -2.33. The molecule has 2 aliphatic carbocycles. The van der Waals surface area contributed by atoms with E-state index in [1.165, 1.54) is 0 Å². The summed E-state index contributed by atoms with van der Waals surface area (Å²) in [7, 11) is 0. The molecular weight excluding hydrogens is 278 g/mol. The predicted molar refractivity (Wildman–Crippen MR) is 79.0 cm³/mol. The second-order valence-corrected chi connectivity index (χ2v) is 6.66. The van der Waals surface area contributed by atoms with Crippen molar-refractivity contribution in [3.05, 3.63) is 0 Å². The quantitative estimate of drug-likeness (QED) is 0.695. The molecule has 0 aromatic heterocycles. The summed E-state index contributed by atoms with van der Waals surface area (Å²) in [4.78, 5) is 33.4. The highest BCUT2D eigenvalue weighted by Gasteiger charge is 2.66. The Morgan fingerprint density at radius 3 is 2.05 bits per heavy atom. The number of halogens is 1. The van der Waals surface area contributed by atoms with Crippen LogP contribution in [-0.2, 0) is 14.4 Å². The summed E-state index contributed by atoms with van der Waals surface area (Å²) in [5.74, 6) is 0.124. The number of hydrogen-bond donors (Lipinski definition) is 1. The molecule has 0 aromatic carbocycles. The SMILES string of the molecule is CC12CCC(C(=O)C1=O)C2(C)C.Cl.O=C1CCCNC1. The Morgan fingerprint density at radius 2 is 1.80 bits per heavy atom. The molecule has 1 aliphatic heterocycles. The van der Waals surface area contributed by atoms with Gasteiger partial charge in [0.25, 0.3) is 0 Å². The first kappa shape index (κ1) is 17.3. The van der Waals surface area contributed by atoms with Gasteiger partial charge in [-0.3, -0.25) is 14.4 Å².